The first-order valence-corrected chi connectivity index (χ1v) is 6.66. The minimum Gasteiger partial charge on any atom is -0.354 e. The van der Waals surface area contributed by atoms with Gasteiger partial charge in [-0.05, 0) is 12.3 Å². The molecule has 96 valence electrons. The fourth-order valence-electron chi connectivity index (χ4n) is 1.90. The molecule has 4 heteroatoms. The van der Waals surface area contributed by atoms with Crippen molar-refractivity contribution in [1.82, 2.24) is 15.3 Å². The number of hydrogen-bond donors (Lipinski definition) is 1. The Morgan fingerprint density at radius 1 is 1.33 bits per heavy atom. The first-order valence-electron chi connectivity index (χ1n) is 6.66. The molecule has 0 spiro atoms. The normalized spacial score (nSPS) is 15.1. The van der Waals surface area contributed by atoms with Crippen LogP contribution >= 0.6 is 0 Å². The van der Waals surface area contributed by atoms with Gasteiger partial charge in [-0.3, -0.25) is 0 Å². The zero-order chi connectivity index (χ0) is 12.6. The fourth-order valence-corrected chi connectivity index (χ4v) is 1.90. The largest absolute Gasteiger partial charge is 0.354 e. The topological polar surface area (TPSA) is 41.0 Å². The molecule has 0 unspecified atom stereocenters. The van der Waals surface area contributed by atoms with E-state index in [1.165, 1.54) is 6.42 Å². The zero-order valence-electron chi connectivity index (χ0n) is 10.9. The van der Waals surface area contributed by atoms with E-state index in [1.54, 1.807) is 6.33 Å². The van der Waals surface area contributed by atoms with E-state index in [1.807, 2.05) is 6.07 Å². The minimum absolute atomic E-state index is 0.828. The summed E-state index contributed by atoms with van der Waals surface area (Å²) in [5.74, 6) is 7.27. The van der Waals surface area contributed by atoms with Crippen molar-refractivity contribution in [3.63, 3.8) is 0 Å². The Kier molecular flexibility index (Phi) is 4.98. The maximum Gasteiger partial charge on any atom is 0.133 e. The summed E-state index contributed by atoms with van der Waals surface area (Å²) in [5, 5.41) is 3.33. The highest BCUT2D eigenvalue weighted by molar-refractivity contribution is 5.43. The summed E-state index contributed by atoms with van der Waals surface area (Å²) in [6, 6.07) is 1.99. The van der Waals surface area contributed by atoms with Crippen LogP contribution in [0.4, 0.5) is 5.82 Å². The van der Waals surface area contributed by atoms with Crippen molar-refractivity contribution < 1.29 is 0 Å². The van der Waals surface area contributed by atoms with Gasteiger partial charge in [-0.1, -0.05) is 19.3 Å². The van der Waals surface area contributed by atoms with Gasteiger partial charge in [0.2, 0.25) is 0 Å². The van der Waals surface area contributed by atoms with Crippen molar-refractivity contribution in [2.45, 2.75) is 26.2 Å². The molecule has 4 nitrogen and oxygen atoms in total. The lowest BCUT2D eigenvalue weighted by Crippen LogP contribution is -2.43. The molecule has 1 aromatic rings. The smallest absolute Gasteiger partial charge is 0.133 e. The van der Waals surface area contributed by atoms with Gasteiger partial charge >= 0.3 is 0 Å². The van der Waals surface area contributed by atoms with E-state index in [4.69, 9.17) is 0 Å². The molecule has 0 amide bonds. The van der Waals surface area contributed by atoms with Crippen LogP contribution < -0.4 is 10.2 Å². The maximum absolute atomic E-state index is 4.33. The van der Waals surface area contributed by atoms with E-state index in [2.05, 4.69) is 38.9 Å². The molecule has 0 aliphatic carbocycles. The molecule has 1 fully saturated rings. The number of anilines is 1. The number of rotatable bonds is 3. The maximum atomic E-state index is 4.33. The number of piperazine rings is 1. The van der Waals surface area contributed by atoms with Crippen LogP contribution in [0.3, 0.4) is 0 Å². The van der Waals surface area contributed by atoms with Gasteiger partial charge in [0.1, 0.15) is 17.8 Å². The molecule has 1 aliphatic heterocycles. The SMILES string of the molecule is CCCCC#Cc1cc(N2CCNCC2)ncn1. The van der Waals surface area contributed by atoms with Crippen LogP contribution in [0, 0.1) is 11.8 Å². The Bertz CT molecular complexity index is 427. The third kappa shape index (κ3) is 3.71. The van der Waals surface area contributed by atoms with Gasteiger partial charge in [0, 0.05) is 38.7 Å². The lowest BCUT2D eigenvalue weighted by atomic mass is 10.2. The summed E-state index contributed by atoms with van der Waals surface area (Å²) < 4.78 is 0. The Balaban J connectivity index is 2.01. The highest BCUT2D eigenvalue weighted by atomic mass is 15.2. The van der Waals surface area contributed by atoms with Gasteiger partial charge in [0.25, 0.3) is 0 Å². The van der Waals surface area contributed by atoms with Crippen molar-refractivity contribution in [3.05, 3.63) is 18.1 Å². The fraction of sp³-hybridized carbons (Fsp3) is 0.571. The number of nitrogens with zero attached hydrogens (tertiary/aromatic N) is 3. The molecule has 0 atom stereocenters. The van der Waals surface area contributed by atoms with Gasteiger partial charge < -0.3 is 10.2 Å². The lowest BCUT2D eigenvalue weighted by molar-refractivity contribution is 0.584. The summed E-state index contributed by atoms with van der Waals surface area (Å²) in [5.41, 5.74) is 0.828. The summed E-state index contributed by atoms with van der Waals surface area (Å²) in [6.45, 7) is 6.21. The number of nitrogens with one attached hydrogen (secondary N) is 1. The van der Waals surface area contributed by atoms with E-state index in [0.717, 1.165) is 50.5 Å². The molecule has 2 heterocycles. The summed E-state index contributed by atoms with van der Waals surface area (Å²) >= 11 is 0. The highest BCUT2D eigenvalue weighted by Crippen LogP contribution is 2.11. The number of unbranched alkanes of at least 4 members (excludes halogenated alkanes) is 2. The monoisotopic (exact) mass is 244 g/mol. The van der Waals surface area contributed by atoms with Crippen molar-refractivity contribution in [2.75, 3.05) is 31.1 Å². The molecule has 0 radical (unpaired) electrons. The standard InChI is InChI=1S/C14H20N4/c1-2-3-4-5-6-13-11-14(17-12-16-13)18-9-7-15-8-10-18/h11-12,15H,2-4,7-10H2,1H3. The van der Waals surface area contributed by atoms with E-state index in [-0.39, 0.29) is 0 Å². The molecule has 0 aromatic carbocycles. The van der Waals surface area contributed by atoms with Crippen molar-refractivity contribution >= 4 is 5.82 Å². The Hall–Kier alpha value is -1.60. The summed E-state index contributed by atoms with van der Waals surface area (Å²) in [4.78, 5) is 10.8. The van der Waals surface area contributed by atoms with Crippen LogP contribution in [0.2, 0.25) is 0 Å². The molecule has 18 heavy (non-hydrogen) atoms. The van der Waals surface area contributed by atoms with Crippen LogP contribution in [-0.2, 0) is 0 Å². The second-order valence-corrected chi connectivity index (χ2v) is 4.40. The molecule has 1 aromatic heterocycles. The van der Waals surface area contributed by atoms with E-state index >= 15 is 0 Å². The van der Waals surface area contributed by atoms with Gasteiger partial charge in [-0.2, -0.15) is 0 Å². The second kappa shape index (κ2) is 6.97. The Labute approximate surface area is 109 Å². The molecule has 1 saturated heterocycles. The molecular weight excluding hydrogens is 224 g/mol. The minimum atomic E-state index is 0.828. The first kappa shape index (κ1) is 12.8. The summed E-state index contributed by atoms with van der Waals surface area (Å²) in [7, 11) is 0. The molecule has 0 bridgehead atoms. The van der Waals surface area contributed by atoms with Crippen molar-refractivity contribution in [3.8, 4) is 11.8 Å². The van der Waals surface area contributed by atoms with Crippen LogP contribution in [0.5, 0.6) is 0 Å². The Morgan fingerprint density at radius 3 is 2.94 bits per heavy atom. The van der Waals surface area contributed by atoms with E-state index in [9.17, 15) is 0 Å². The van der Waals surface area contributed by atoms with Crippen LogP contribution in [-0.4, -0.2) is 36.1 Å². The van der Waals surface area contributed by atoms with Crippen LogP contribution in [0.25, 0.3) is 0 Å². The van der Waals surface area contributed by atoms with E-state index < -0.39 is 0 Å². The third-order valence-electron chi connectivity index (χ3n) is 2.97. The third-order valence-corrected chi connectivity index (χ3v) is 2.97. The number of aromatic nitrogens is 2. The first-order chi connectivity index (χ1) is 8.90. The van der Waals surface area contributed by atoms with Gasteiger partial charge in [-0.15, -0.1) is 0 Å². The lowest BCUT2D eigenvalue weighted by Gasteiger charge is -2.28. The molecule has 2 rings (SSSR count). The Morgan fingerprint density at radius 2 is 2.17 bits per heavy atom. The molecule has 1 N–H and O–H groups in total. The van der Waals surface area contributed by atoms with Gasteiger partial charge in [-0.25, -0.2) is 9.97 Å². The van der Waals surface area contributed by atoms with Crippen LogP contribution in [0.1, 0.15) is 31.9 Å². The van der Waals surface area contributed by atoms with Crippen molar-refractivity contribution in [2.24, 2.45) is 0 Å². The van der Waals surface area contributed by atoms with Gasteiger partial charge in [0.05, 0.1) is 0 Å². The second-order valence-electron chi connectivity index (χ2n) is 4.40. The predicted molar refractivity (Wildman–Crippen MR) is 73.5 cm³/mol. The highest BCUT2D eigenvalue weighted by Gasteiger charge is 2.11. The average molecular weight is 244 g/mol. The molecule has 1 aliphatic rings. The van der Waals surface area contributed by atoms with Gasteiger partial charge in [0.15, 0.2) is 0 Å². The molecular formula is C14H20N4. The average Bonchev–Trinajstić information content (AvgIpc) is 2.45. The quantitative estimate of drug-likeness (QED) is 0.645. The zero-order valence-corrected chi connectivity index (χ0v) is 10.9. The van der Waals surface area contributed by atoms with Crippen molar-refractivity contribution in [1.29, 1.82) is 0 Å². The predicted octanol–water partition coefficient (Wildman–Crippen LogP) is 1.43. The molecule has 0 saturated carbocycles. The number of hydrogen-bond acceptors (Lipinski definition) is 4. The van der Waals surface area contributed by atoms with E-state index in [0.29, 0.717) is 0 Å². The van der Waals surface area contributed by atoms with Crippen LogP contribution in [0.15, 0.2) is 12.4 Å². The summed E-state index contributed by atoms with van der Waals surface area (Å²) in [6.07, 6.45) is 4.90.